The molecule has 6 nitrogen and oxygen atoms in total. The number of nitrogens with zero attached hydrogens (tertiary/aromatic N) is 2. The van der Waals surface area contributed by atoms with Gasteiger partial charge in [0, 0.05) is 5.69 Å². The summed E-state index contributed by atoms with van der Waals surface area (Å²) in [6.07, 6.45) is 1.33. The van der Waals surface area contributed by atoms with E-state index in [0.717, 1.165) is 11.3 Å². The molecule has 8 heteroatoms. The number of rotatable bonds is 5. The molecule has 104 valence electrons. The summed E-state index contributed by atoms with van der Waals surface area (Å²) in [4.78, 5) is 3.92. The monoisotopic (exact) mass is 309 g/mol. The van der Waals surface area contributed by atoms with Gasteiger partial charge in [0.1, 0.15) is 11.8 Å². The fourth-order valence-electron chi connectivity index (χ4n) is 1.41. The molecule has 0 aliphatic heterocycles. The minimum absolute atomic E-state index is 0.0504. The molecule has 0 unspecified atom stereocenters. The summed E-state index contributed by atoms with van der Waals surface area (Å²) in [5.74, 6) is 0.503. The summed E-state index contributed by atoms with van der Waals surface area (Å²) in [6.45, 7) is 1.69. The SMILES string of the molecule is Cc1ncc(S(=O)(=O)Nc2ccc(OCC#N)cc2)s1. The molecule has 0 fully saturated rings. The van der Waals surface area contributed by atoms with Crippen molar-refractivity contribution in [1.82, 2.24) is 4.98 Å². The Kier molecular flexibility index (Phi) is 4.22. The summed E-state index contributed by atoms with van der Waals surface area (Å²) >= 11 is 1.11. The molecule has 0 aliphatic rings. The highest BCUT2D eigenvalue weighted by Crippen LogP contribution is 2.22. The van der Waals surface area contributed by atoms with Crippen molar-refractivity contribution < 1.29 is 13.2 Å². The number of aryl methyl sites for hydroxylation is 1. The van der Waals surface area contributed by atoms with Gasteiger partial charge in [-0.1, -0.05) is 0 Å². The third-order valence-electron chi connectivity index (χ3n) is 2.27. The van der Waals surface area contributed by atoms with Gasteiger partial charge in [-0.15, -0.1) is 11.3 Å². The molecule has 0 saturated heterocycles. The number of benzene rings is 1. The number of nitriles is 1. The predicted octanol–water partition coefficient (Wildman–Crippen LogP) is 2.15. The van der Waals surface area contributed by atoms with Crippen molar-refractivity contribution in [2.75, 3.05) is 11.3 Å². The Morgan fingerprint density at radius 2 is 2.10 bits per heavy atom. The molecule has 0 radical (unpaired) electrons. The molecule has 0 amide bonds. The van der Waals surface area contributed by atoms with Crippen LogP contribution in [0, 0.1) is 18.3 Å². The van der Waals surface area contributed by atoms with Crippen LogP contribution in [0.25, 0.3) is 0 Å². The zero-order valence-corrected chi connectivity index (χ0v) is 12.2. The largest absolute Gasteiger partial charge is 0.479 e. The first kappa shape index (κ1) is 14.3. The van der Waals surface area contributed by atoms with E-state index in [2.05, 4.69) is 9.71 Å². The zero-order valence-electron chi connectivity index (χ0n) is 10.5. The second-order valence-electron chi connectivity index (χ2n) is 3.77. The zero-order chi connectivity index (χ0) is 14.6. The molecular weight excluding hydrogens is 298 g/mol. The van der Waals surface area contributed by atoms with E-state index in [0.29, 0.717) is 16.4 Å². The van der Waals surface area contributed by atoms with Crippen LogP contribution in [0.3, 0.4) is 0 Å². The molecular formula is C12H11N3O3S2. The molecule has 2 aromatic rings. The first-order valence-corrected chi connectivity index (χ1v) is 7.86. The lowest BCUT2D eigenvalue weighted by Crippen LogP contribution is -2.11. The van der Waals surface area contributed by atoms with E-state index < -0.39 is 10.0 Å². The number of ether oxygens (including phenoxy) is 1. The van der Waals surface area contributed by atoms with Gasteiger partial charge < -0.3 is 4.74 Å². The minimum atomic E-state index is -3.61. The minimum Gasteiger partial charge on any atom is -0.479 e. The fraction of sp³-hybridized carbons (Fsp3) is 0.167. The number of sulfonamides is 1. The highest BCUT2D eigenvalue weighted by molar-refractivity contribution is 7.94. The third kappa shape index (κ3) is 3.46. The Labute approximate surface area is 120 Å². The summed E-state index contributed by atoms with van der Waals surface area (Å²) < 4.78 is 31.8. The van der Waals surface area contributed by atoms with Crippen molar-refractivity contribution in [3.05, 3.63) is 35.5 Å². The van der Waals surface area contributed by atoms with Gasteiger partial charge in [-0.3, -0.25) is 4.72 Å². The Balaban J connectivity index is 2.12. The smallest absolute Gasteiger partial charge is 0.273 e. The molecule has 1 aromatic heterocycles. The summed E-state index contributed by atoms with van der Waals surface area (Å²) in [5, 5.41) is 9.08. The van der Waals surface area contributed by atoms with E-state index >= 15 is 0 Å². The van der Waals surface area contributed by atoms with Gasteiger partial charge in [0.25, 0.3) is 10.0 Å². The van der Waals surface area contributed by atoms with E-state index in [1.54, 1.807) is 31.2 Å². The van der Waals surface area contributed by atoms with Crippen molar-refractivity contribution in [2.24, 2.45) is 0 Å². The lowest BCUT2D eigenvalue weighted by Gasteiger charge is -2.07. The van der Waals surface area contributed by atoms with Gasteiger partial charge in [0.2, 0.25) is 0 Å². The highest BCUT2D eigenvalue weighted by Gasteiger charge is 2.17. The van der Waals surface area contributed by atoms with Crippen molar-refractivity contribution in [2.45, 2.75) is 11.1 Å². The number of anilines is 1. The molecule has 20 heavy (non-hydrogen) atoms. The van der Waals surface area contributed by atoms with Gasteiger partial charge in [-0.2, -0.15) is 5.26 Å². The van der Waals surface area contributed by atoms with Crippen LogP contribution in [-0.2, 0) is 10.0 Å². The quantitative estimate of drug-likeness (QED) is 0.913. The van der Waals surface area contributed by atoms with E-state index in [-0.39, 0.29) is 10.8 Å². The first-order chi connectivity index (χ1) is 9.51. The maximum atomic E-state index is 12.1. The van der Waals surface area contributed by atoms with Crippen LogP contribution in [0.2, 0.25) is 0 Å². The molecule has 2 rings (SSSR count). The van der Waals surface area contributed by atoms with Crippen LogP contribution in [0.5, 0.6) is 5.75 Å². The third-order valence-corrected chi connectivity index (χ3v) is 5.03. The summed E-state index contributed by atoms with van der Waals surface area (Å²) in [7, 11) is -3.61. The Bertz CT molecular complexity index is 730. The number of hydrogen-bond acceptors (Lipinski definition) is 6. The molecule has 0 aliphatic carbocycles. The number of thiazole rings is 1. The topological polar surface area (TPSA) is 92.1 Å². The average Bonchev–Trinajstić information content (AvgIpc) is 2.85. The predicted molar refractivity (Wildman–Crippen MR) is 75.2 cm³/mol. The van der Waals surface area contributed by atoms with Gasteiger partial charge in [0.15, 0.2) is 10.8 Å². The summed E-state index contributed by atoms with van der Waals surface area (Å²) in [5.41, 5.74) is 0.417. The Morgan fingerprint density at radius 1 is 1.40 bits per heavy atom. The van der Waals surface area contributed by atoms with Crippen LogP contribution in [-0.4, -0.2) is 20.0 Å². The van der Waals surface area contributed by atoms with Crippen LogP contribution in [0.15, 0.2) is 34.7 Å². The summed E-state index contributed by atoms with van der Waals surface area (Å²) in [6, 6.07) is 8.17. The second kappa shape index (κ2) is 5.90. The van der Waals surface area contributed by atoms with Crippen molar-refractivity contribution in [3.63, 3.8) is 0 Å². The molecule has 1 N–H and O–H groups in total. The number of aromatic nitrogens is 1. The van der Waals surface area contributed by atoms with Crippen LogP contribution >= 0.6 is 11.3 Å². The van der Waals surface area contributed by atoms with Gasteiger partial charge >= 0.3 is 0 Å². The molecule has 0 saturated carbocycles. The van der Waals surface area contributed by atoms with E-state index in [9.17, 15) is 8.42 Å². The standard InChI is InChI=1S/C12H11N3O3S2/c1-9-14-8-12(19-9)20(16,17)15-10-2-4-11(5-3-10)18-7-6-13/h2-5,8,15H,7H2,1H3. The van der Waals surface area contributed by atoms with Crippen molar-refractivity contribution in [1.29, 1.82) is 5.26 Å². The highest BCUT2D eigenvalue weighted by atomic mass is 32.2. The average molecular weight is 309 g/mol. The van der Waals surface area contributed by atoms with E-state index in [1.807, 2.05) is 6.07 Å². The van der Waals surface area contributed by atoms with Gasteiger partial charge in [-0.25, -0.2) is 13.4 Å². The lowest BCUT2D eigenvalue weighted by atomic mass is 10.3. The normalized spacial score (nSPS) is 10.8. The van der Waals surface area contributed by atoms with Crippen molar-refractivity contribution >= 4 is 27.0 Å². The molecule has 0 bridgehead atoms. The lowest BCUT2D eigenvalue weighted by molar-refractivity contribution is 0.368. The number of nitrogens with one attached hydrogen (secondary N) is 1. The maximum absolute atomic E-state index is 12.1. The van der Waals surface area contributed by atoms with E-state index in [4.69, 9.17) is 10.00 Å². The van der Waals surface area contributed by atoms with Crippen LogP contribution < -0.4 is 9.46 Å². The fourth-order valence-corrected chi connectivity index (χ4v) is 3.57. The van der Waals surface area contributed by atoms with Crippen molar-refractivity contribution in [3.8, 4) is 11.8 Å². The first-order valence-electron chi connectivity index (χ1n) is 5.56. The second-order valence-corrected chi connectivity index (χ2v) is 6.92. The Hall–Kier alpha value is -2.11. The molecule has 1 aromatic carbocycles. The van der Waals surface area contributed by atoms with Crippen LogP contribution in [0.1, 0.15) is 5.01 Å². The Morgan fingerprint density at radius 3 is 2.65 bits per heavy atom. The number of hydrogen-bond donors (Lipinski definition) is 1. The van der Waals surface area contributed by atoms with Gasteiger partial charge in [-0.05, 0) is 31.2 Å². The molecule has 1 heterocycles. The maximum Gasteiger partial charge on any atom is 0.273 e. The van der Waals surface area contributed by atoms with Crippen LogP contribution in [0.4, 0.5) is 5.69 Å². The van der Waals surface area contributed by atoms with Gasteiger partial charge in [0.05, 0.1) is 11.2 Å². The molecule has 0 atom stereocenters. The van der Waals surface area contributed by atoms with E-state index in [1.165, 1.54) is 6.20 Å². The molecule has 0 spiro atoms.